The van der Waals surface area contributed by atoms with Gasteiger partial charge in [0.2, 0.25) is 0 Å². The molecular formula is C14H13N3O. The van der Waals surface area contributed by atoms with E-state index in [2.05, 4.69) is 10.3 Å². The molecule has 0 saturated heterocycles. The summed E-state index contributed by atoms with van der Waals surface area (Å²) in [6.45, 7) is 0.685. The summed E-state index contributed by atoms with van der Waals surface area (Å²) >= 11 is 0. The molecule has 2 rings (SSSR count). The maximum absolute atomic E-state index is 9.05. The molecule has 4 heteroatoms. The van der Waals surface area contributed by atoms with Gasteiger partial charge in [-0.25, -0.2) is 4.98 Å². The predicted molar refractivity (Wildman–Crippen MR) is 68.6 cm³/mol. The van der Waals surface area contributed by atoms with Gasteiger partial charge in [-0.05, 0) is 23.3 Å². The van der Waals surface area contributed by atoms with Crippen LogP contribution in [0.3, 0.4) is 0 Å². The Morgan fingerprint density at radius 2 is 2.06 bits per heavy atom. The third-order valence-corrected chi connectivity index (χ3v) is 2.55. The quantitative estimate of drug-likeness (QED) is 0.856. The lowest BCUT2D eigenvalue weighted by atomic mass is 10.1. The number of hydrogen-bond donors (Lipinski definition) is 2. The van der Waals surface area contributed by atoms with Crippen LogP contribution in [-0.2, 0) is 13.2 Å². The minimum absolute atomic E-state index is 0.0433. The zero-order valence-corrected chi connectivity index (χ0v) is 9.80. The molecule has 0 amide bonds. The van der Waals surface area contributed by atoms with Crippen molar-refractivity contribution in [2.45, 2.75) is 13.2 Å². The number of anilines is 1. The van der Waals surface area contributed by atoms with E-state index in [1.807, 2.05) is 36.4 Å². The molecule has 0 bridgehead atoms. The molecule has 0 fully saturated rings. The van der Waals surface area contributed by atoms with Crippen molar-refractivity contribution in [3.8, 4) is 6.07 Å². The number of aliphatic hydroxyl groups excluding tert-OH is 1. The molecule has 1 heterocycles. The van der Waals surface area contributed by atoms with Crippen LogP contribution >= 0.6 is 0 Å². The topological polar surface area (TPSA) is 68.9 Å². The molecule has 0 unspecified atom stereocenters. The van der Waals surface area contributed by atoms with Crippen molar-refractivity contribution < 1.29 is 5.11 Å². The molecule has 0 aliphatic heterocycles. The van der Waals surface area contributed by atoms with E-state index in [4.69, 9.17) is 10.4 Å². The summed E-state index contributed by atoms with van der Waals surface area (Å²) in [5.41, 5.74) is 3.22. The van der Waals surface area contributed by atoms with E-state index in [9.17, 15) is 0 Å². The van der Waals surface area contributed by atoms with E-state index in [0.29, 0.717) is 12.2 Å². The van der Waals surface area contributed by atoms with Crippen molar-refractivity contribution in [3.63, 3.8) is 0 Å². The molecule has 0 spiro atoms. The summed E-state index contributed by atoms with van der Waals surface area (Å²) in [7, 11) is 0. The Bertz CT molecular complexity index is 575. The SMILES string of the molecule is N#Cc1cc(NCc2cccc(CO)c2)ccn1. The van der Waals surface area contributed by atoms with Crippen molar-refractivity contribution >= 4 is 5.69 Å². The fourth-order valence-electron chi connectivity index (χ4n) is 1.64. The highest BCUT2D eigenvalue weighted by Crippen LogP contribution is 2.11. The number of aliphatic hydroxyl groups is 1. The van der Waals surface area contributed by atoms with E-state index in [0.717, 1.165) is 16.8 Å². The van der Waals surface area contributed by atoms with Gasteiger partial charge < -0.3 is 10.4 Å². The van der Waals surface area contributed by atoms with Gasteiger partial charge in [0.25, 0.3) is 0 Å². The van der Waals surface area contributed by atoms with Crippen LogP contribution in [0.4, 0.5) is 5.69 Å². The van der Waals surface area contributed by atoms with Crippen LogP contribution in [0.15, 0.2) is 42.6 Å². The van der Waals surface area contributed by atoms with Crippen molar-refractivity contribution in [2.24, 2.45) is 0 Å². The number of nitrogens with one attached hydrogen (secondary N) is 1. The maximum Gasteiger partial charge on any atom is 0.142 e. The molecule has 0 atom stereocenters. The largest absolute Gasteiger partial charge is 0.392 e. The van der Waals surface area contributed by atoms with Gasteiger partial charge in [-0.3, -0.25) is 0 Å². The molecule has 1 aromatic carbocycles. The van der Waals surface area contributed by atoms with Gasteiger partial charge in [0, 0.05) is 18.4 Å². The van der Waals surface area contributed by atoms with E-state index in [-0.39, 0.29) is 6.61 Å². The zero-order valence-electron chi connectivity index (χ0n) is 9.80. The van der Waals surface area contributed by atoms with Crippen LogP contribution in [0.1, 0.15) is 16.8 Å². The smallest absolute Gasteiger partial charge is 0.142 e. The number of hydrogen-bond acceptors (Lipinski definition) is 4. The molecule has 0 aliphatic carbocycles. The Hall–Kier alpha value is -2.38. The number of nitriles is 1. The average molecular weight is 239 g/mol. The van der Waals surface area contributed by atoms with Gasteiger partial charge in [0.1, 0.15) is 11.8 Å². The van der Waals surface area contributed by atoms with E-state index >= 15 is 0 Å². The standard InChI is InChI=1S/C14H13N3O/c15-8-14-7-13(4-5-16-14)17-9-11-2-1-3-12(6-11)10-18/h1-7,18H,9-10H2,(H,16,17). The van der Waals surface area contributed by atoms with Gasteiger partial charge in [-0.1, -0.05) is 24.3 Å². The predicted octanol–water partition coefficient (Wildman–Crippen LogP) is 2.06. The Balaban J connectivity index is 2.04. The number of rotatable bonds is 4. The summed E-state index contributed by atoms with van der Waals surface area (Å²) in [4.78, 5) is 3.91. The first-order valence-corrected chi connectivity index (χ1v) is 5.60. The summed E-state index contributed by atoms with van der Waals surface area (Å²) in [5.74, 6) is 0. The molecular weight excluding hydrogens is 226 g/mol. The lowest BCUT2D eigenvalue weighted by molar-refractivity contribution is 0.281. The van der Waals surface area contributed by atoms with Crippen LogP contribution in [0, 0.1) is 11.3 Å². The highest BCUT2D eigenvalue weighted by atomic mass is 16.3. The van der Waals surface area contributed by atoms with Crippen molar-refractivity contribution in [2.75, 3.05) is 5.32 Å². The summed E-state index contributed by atoms with van der Waals surface area (Å²) in [6.07, 6.45) is 1.60. The number of benzene rings is 1. The Kier molecular flexibility index (Phi) is 3.90. The van der Waals surface area contributed by atoms with Crippen LogP contribution < -0.4 is 5.32 Å². The van der Waals surface area contributed by atoms with Crippen molar-refractivity contribution in [1.29, 1.82) is 5.26 Å². The zero-order chi connectivity index (χ0) is 12.8. The third kappa shape index (κ3) is 3.06. The lowest BCUT2D eigenvalue weighted by Gasteiger charge is -2.07. The van der Waals surface area contributed by atoms with E-state index < -0.39 is 0 Å². The van der Waals surface area contributed by atoms with Gasteiger partial charge in [-0.2, -0.15) is 5.26 Å². The molecule has 2 aromatic rings. The molecule has 2 N–H and O–H groups in total. The second-order valence-corrected chi connectivity index (χ2v) is 3.87. The highest BCUT2D eigenvalue weighted by molar-refractivity contribution is 5.46. The summed E-state index contributed by atoms with van der Waals surface area (Å²) in [6, 6.07) is 13.2. The molecule has 0 aliphatic rings. The van der Waals surface area contributed by atoms with Gasteiger partial charge in [0.05, 0.1) is 6.61 Å². The lowest BCUT2D eigenvalue weighted by Crippen LogP contribution is -2.00. The van der Waals surface area contributed by atoms with Gasteiger partial charge in [0.15, 0.2) is 0 Å². The second kappa shape index (κ2) is 5.80. The number of nitrogens with zero attached hydrogens (tertiary/aromatic N) is 2. The van der Waals surface area contributed by atoms with Crippen molar-refractivity contribution in [3.05, 3.63) is 59.4 Å². The molecule has 0 radical (unpaired) electrons. The minimum Gasteiger partial charge on any atom is -0.392 e. The molecule has 90 valence electrons. The van der Waals surface area contributed by atoms with Gasteiger partial charge in [-0.15, -0.1) is 0 Å². The van der Waals surface area contributed by atoms with Crippen molar-refractivity contribution in [1.82, 2.24) is 4.98 Å². The molecule has 0 saturated carbocycles. The highest BCUT2D eigenvalue weighted by Gasteiger charge is 1.98. The summed E-state index contributed by atoms with van der Waals surface area (Å²) < 4.78 is 0. The first kappa shape index (κ1) is 12.1. The molecule has 18 heavy (non-hydrogen) atoms. The first-order chi connectivity index (χ1) is 8.81. The average Bonchev–Trinajstić information content (AvgIpc) is 2.45. The molecule has 1 aromatic heterocycles. The Labute approximate surface area is 106 Å². The fraction of sp³-hybridized carbons (Fsp3) is 0.143. The number of aromatic nitrogens is 1. The fourth-order valence-corrected chi connectivity index (χ4v) is 1.64. The normalized spacial score (nSPS) is 9.78. The van der Waals surface area contributed by atoms with E-state index in [1.165, 1.54) is 0 Å². The Morgan fingerprint density at radius 1 is 1.22 bits per heavy atom. The monoisotopic (exact) mass is 239 g/mol. The minimum atomic E-state index is 0.0433. The van der Waals surface area contributed by atoms with Crippen LogP contribution in [0.25, 0.3) is 0 Å². The van der Waals surface area contributed by atoms with Crippen LogP contribution in [-0.4, -0.2) is 10.1 Å². The van der Waals surface area contributed by atoms with Crippen LogP contribution in [0.5, 0.6) is 0 Å². The third-order valence-electron chi connectivity index (χ3n) is 2.55. The van der Waals surface area contributed by atoms with Crippen LogP contribution in [0.2, 0.25) is 0 Å². The van der Waals surface area contributed by atoms with Gasteiger partial charge >= 0.3 is 0 Å². The molecule has 4 nitrogen and oxygen atoms in total. The maximum atomic E-state index is 9.05. The summed E-state index contributed by atoms with van der Waals surface area (Å²) in [5, 5.41) is 21.0. The number of pyridine rings is 1. The first-order valence-electron chi connectivity index (χ1n) is 5.60. The van der Waals surface area contributed by atoms with E-state index in [1.54, 1.807) is 12.3 Å². The second-order valence-electron chi connectivity index (χ2n) is 3.87. The Morgan fingerprint density at radius 3 is 2.83 bits per heavy atom.